The first-order valence-electron chi connectivity index (χ1n) is 11.9. The predicted molar refractivity (Wildman–Crippen MR) is 136 cm³/mol. The van der Waals surface area contributed by atoms with Gasteiger partial charge in [-0.2, -0.15) is 0 Å². The highest BCUT2D eigenvalue weighted by Crippen LogP contribution is 2.29. The third-order valence-electron chi connectivity index (χ3n) is 6.25. The number of nitrogens with two attached hydrogens (primary N) is 1. The van der Waals surface area contributed by atoms with E-state index in [4.69, 9.17) is 31.5 Å². The van der Waals surface area contributed by atoms with Crippen LogP contribution in [0.4, 0.5) is 5.69 Å². The molecule has 0 aromatic heterocycles. The van der Waals surface area contributed by atoms with Crippen molar-refractivity contribution in [1.29, 1.82) is 0 Å². The topological polar surface area (TPSA) is 86.1 Å². The summed E-state index contributed by atoms with van der Waals surface area (Å²) < 4.78 is 16.3. The fraction of sp³-hybridized carbons (Fsp3) is 0.500. The summed E-state index contributed by atoms with van der Waals surface area (Å²) in [6.45, 7) is 4.62. The number of rotatable bonds is 12. The minimum atomic E-state index is -0.183. The van der Waals surface area contributed by atoms with Crippen LogP contribution in [0.3, 0.4) is 0 Å². The number of nitrogens with one attached hydrogen (secondary N) is 1. The Kier molecular flexibility index (Phi) is 10.2. The minimum Gasteiger partial charge on any atom is -0.497 e. The van der Waals surface area contributed by atoms with Gasteiger partial charge < -0.3 is 30.2 Å². The lowest BCUT2D eigenvalue weighted by atomic mass is 9.96. The molecule has 0 atom stereocenters. The summed E-state index contributed by atoms with van der Waals surface area (Å²) in [4.78, 5) is 15.1. The van der Waals surface area contributed by atoms with Gasteiger partial charge in [-0.05, 0) is 75.9 Å². The molecule has 0 saturated carbocycles. The molecule has 0 unspecified atom stereocenters. The van der Waals surface area contributed by atoms with Crippen LogP contribution in [-0.4, -0.2) is 57.8 Å². The van der Waals surface area contributed by atoms with Crippen molar-refractivity contribution in [1.82, 2.24) is 10.2 Å². The number of likely N-dealkylation sites (tertiary alicyclic amines) is 1. The van der Waals surface area contributed by atoms with E-state index in [-0.39, 0.29) is 5.91 Å². The van der Waals surface area contributed by atoms with Gasteiger partial charge in [-0.3, -0.25) is 4.79 Å². The molecule has 8 heteroatoms. The number of halogens is 1. The molecule has 186 valence electrons. The van der Waals surface area contributed by atoms with Gasteiger partial charge in [0.1, 0.15) is 17.2 Å². The lowest BCUT2D eigenvalue weighted by Gasteiger charge is -2.32. The van der Waals surface area contributed by atoms with Crippen LogP contribution in [-0.2, 0) is 0 Å². The maximum absolute atomic E-state index is 12.6. The number of carbonyl (C=O) groups excluding carboxylic acids is 1. The van der Waals surface area contributed by atoms with Crippen LogP contribution in [0.2, 0.25) is 5.02 Å². The second-order valence-corrected chi connectivity index (χ2v) is 9.06. The van der Waals surface area contributed by atoms with E-state index in [9.17, 15) is 4.79 Å². The van der Waals surface area contributed by atoms with Gasteiger partial charge in [0.15, 0.2) is 0 Å². The monoisotopic (exact) mass is 489 g/mol. The fourth-order valence-corrected chi connectivity index (χ4v) is 4.32. The number of benzene rings is 2. The number of hydrogen-bond acceptors (Lipinski definition) is 6. The molecule has 34 heavy (non-hydrogen) atoms. The summed E-state index contributed by atoms with van der Waals surface area (Å²) in [6.07, 6.45) is 5.52. The van der Waals surface area contributed by atoms with Crippen molar-refractivity contribution in [2.24, 2.45) is 5.92 Å². The van der Waals surface area contributed by atoms with Crippen molar-refractivity contribution in [3.63, 3.8) is 0 Å². The van der Waals surface area contributed by atoms with Crippen molar-refractivity contribution in [2.45, 2.75) is 32.1 Å². The summed E-state index contributed by atoms with van der Waals surface area (Å²) in [7, 11) is 3.18. The summed E-state index contributed by atoms with van der Waals surface area (Å²) in [5.74, 6) is 2.40. The summed E-state index contributed by atoms with van der Waals surface area (Å²) in [5.41, 5.74) is 6.61. The van der Waals surface area contributed by atoms with Gasteiger partial charge in [0.05, 0.1) is 37.1 Å². The molecule has 1 aliphatic rings. The van der Waals surface area contributed by atoms with Crippen molar-refractivity contribution >= 4 is 23.2 Å². The Bertz CT molecular complexity index is 932. The molecule has 2 aromatic carbocycles. The van der Waals surface area contributed by atoms with E-state index in [1.54, 1.807) is 19.2 Å². The largest absolute Gasteiger partial charge is 0.497 e. The average Bonchev–Trinajstić information content (AvgIpc) is 2.86. The van der Waals surface area contributed by atoms with E-state index in [0.717, 1.165) is 63.4 Å². The van der Waals surface area contributed by atoms with Gasteiger partial charge in [0, 0.05) is 18.7 Å². The smallest absolute Gasteiger partial charge is 0.255 e. The highest BCUT2D eigenvalue weighted by molar-refractivity contribution is 6.33. The Morgan fingerprint density at radius 2 is 1.85 bits per heavy atom. The Hall–Kier alpha value is -2.64. The maximum atomic E-state index is 12.6. The van der Waals surface area contributed by atoms with Crippen LogP contribution in [0, 0.1) is 5.92 Å². The van der Waals surface area contributed by atoms with E-state index >= 15 is 0 Å². The van der Waals surface area contributed by atoms with Crippen LogP contribution in [0.25, 0.3) is 0 Å². The summed E-state index contributed by atoms with van der Waals surface area (Å²) in [6, 6.07) is 10.9. The van der Waals surface area contributed by atoms with E-state index in [0.29, 0.717) is 34.5 Å². The van der Waals surface area contributed by atoms with Gasteiger partial charge in [0.25, 0.3) is 5.91 Å². The lowest BCUT2D eigenvalue weighted by Crippen LogP contribution is -2.39. The quantitative estimate of drug-likeness (QED) is 0.334. The van der Waals surface area contributed by atoms with Gasteiger partial charge in [-0.15, -0.1) is 0 Å². The first kappa shape index (κ1) is 26.0. The van der Waals surface area contributed by atoms with Gasteiger partial charge in [0.2, 0.25) is 0 Å². The number of nitrogen functional groups attached to an aromatic ring is 1. The molecular weight excluding hydrogens is 454 g/mol. The van der Waals surface area contributed by atoms with E-state index in [2.05, 4.69) is 10.2 Å². The third-order valence-corrected chi connectivity index (χ3v) is 6.58. The predicted octanol–water partition coefficient (Wildman–Crippen LogP) is 4.63. The molecule has 3 N–H and O–H groups in total. The molecule has 0 bridgehead atoms. The second kappa shape index (κ2) is 13.3. The molecule has 3 rings (SSSR count). The van der Waals surface area contributed by atoms with E-state index < -0.39 is 0 Å². The Morgan fingerprint density at radius 3 is 2.59 bits per heavy atom. The number of unbranched alkanes of at least 4 members (excludes halogenated alkanes) is 2. The first-order valence-corrected chi connectivity index (χ1v) is 12.3. The standard InChI is InChI=1S/C26H36ClN3O4/c1-32-20-7-6-8-21(15-20)34-14-5-3-4-11-30-12-9-19(10-13-30)18-29-26(31)22-16-23(27)24(28)17-25(22)33-2/h6-8,15-17,19H,3-5,9-14,18,28H2,1-2H3,(H,29,31). The number of methoxy groups -OCH3 is 2. The Labute approximate surface area is 207 Å². The number of nitrogens with zero attached hydrogens (tertiary/aromatic N) is 1. The van der Waals surface area contributed by atoms with Crippen molar-refractivity contribution in [2.75, 3.05) is 52.7 Å². The third kappa shape index (κ3) is 7.71. The molecule has 0 radical (unpaired) electrons. The van der Waals surface area contributed by atoms with Gasteiger partial charge in [-0.25, -0.2) is 0 Å². The molecule has 7 nitrogen and oxygen atoms in total. The normalized spacial score (nSPS) is 14.6. The number of hydrogen-bond donors (Lipinski definition) is 2. The Morgan fingerprint density at radius 1 is 1.09 bits per heavy atom. The lowest BCUT2D eigenvalue weighted by molar-refractivity contribution is 0.0933. The summed E-state index contributed by atoms with van der Waals surface area (Å²) in [5, 5.41) is 3.39. The van der Waals surface area contributed by atoms with Crippen molar-refractivity contribution in [3.8, 4) is 17.2 Å². The van der Waals surface area contributed by atoms with E-state index in [1.807, 2.05) is 24.3 Å². The number of ether oxygens (including phenoxy) is 3. The zero-order chi connectivity index (χ0) is 24.3. The number of amides is 1. The number of piperidine rings is 1. The van der Waals surface area contributed by atoms with Crippen LogP contribution in [0.15, 0.2) is 36.4 Å². The van der Waals surface area contributed by atoms with Crippen LogP contribution in [0.5, 0.6) is 17.2 Å². The molecule has 1 saturated heterocycles. The van der Waals surface area contributed by atoms with Gasteiger partial charge >= 0.3 is 0 Å². The molecule has 0 spiro atoms. The maximum Gasteiger partial charge on any atom is 0.255 e. The molecule has 1 heterocycles. The van der Waals surface area contributed by atoms with Crippen molar-refractivity contribution in [3.05, 3.63) is 47.0 Å². The number of carbonyl (C=O) groups is 1. The molecule has 0 aliphatic carbocycles. The molecular formula is C26H36ClN3O4. The van der Waals surface area contributed by atoms with Crippen LogP contribution >= 0.6 is 11.6 Å². The highest BCUT2D eigenvalue weighted by atomic mass is 35.5. The molecule has 1 amide bonds. The molecule has 1 aliphatic heterocycles. The first-order chi connectivity index (χ1) is 16.5. The molecule has 1 fully saturated rings. The highest BCUT2D eigenvalue weighted by Gasteiger charge is 2.21. The molecule has 2 aromatic rings. The Balaban J connectivity index is 1.28. The van der Waals surface area contributed by atoms with Gasteiger partial charge in [-0.1, -0.05) is 17.7 Å². The van der Waals surface area contributed by atoms with Crippen molar-refractivity contribution < 1.29 is 19.0 Å². The number of anilines is 1. The zero-order valence-corrected chi connectivity index (χ0v) is 20.9. The zero-order valence-electron chi connectivity index (χ0n) is 20.1. The minimum absolute atomic E-state index is 0.183. The van der Waals surface area contributed by atoms with Crippen LogP contribution < -0.4 is 25.3 Å². The second-order valence-electron chi connectivity index (χ2n) is 8.66. The average molecular weight is 490 g/mol. The fourth-order valence-electron chi connectivity index (χ4n) is 4.16. The SMILES string of the molecule is COc1cccc(OCCCCCN2CCC(CNC(=O)c3cc(Cl)c(N)cc3OC)CC2)c1. The van der Waals surface area contributed by atoms with Crippen LogP contribution in [0.1, 0.15) is 42.5 Å². The van der Waals surface area contributed by atoms with E-state index in [1.165, 1.54) is 13.5 Å². The summed E-state index contributed by atoms with van der Waals surface area (Å²) >= 11 is 6.08.